The van der Waals surface area contributed by atoms with E-state index in [1.165, 1.54) is 6.33 Å². The van der Waals surface area contributed by atoms with Crippen molar-refractivity contribution in [2.24, 2.45) is 0 Å². The molecule has 0 unspecified atom stereocenters. The van der Waals surface area contributed by atoms with Crippen LogP contribution in [0.3, 0.4) is 0 Å². The van der Waals surface area contributed by atoms with Crippen LogP contribution in [0.25, 0.3) is 0 Å². The molecule has 0 bridgehead atoms. The van der Waals surface area contributed by atoms with Crippen molar-refractivity contribution >= 4 is 5.69 Å². The number of benzene rings is 1. The quantitative estimate of drug-likeness (QED) is 0.868. The van der Waals surface area contributed by atoms with Crippen molar-refractivity contribution in [1.82, 2.24) is 9.97 Å². The van der Waals surface area contributed by atoms with Gasteiger partial charge < -0.3 is 5.32 Å². The highest BCUT2D eigenvalue weighted by atomic mass is 14.9. The van der Waals surface area contributed by atoms with Gasteiger partial charge in [-0.05, 0) is 18.6 Å². The first-order valence-corrected chi connectivity index (χ1v) is 5.28. The molecule has 0 aliphatic heterocycles. The van der Waals surface area contributed by atoms with E-state index in [1.807, 2.05) is 25.1 Å². The second-order valence-corrected chi connectivity index (χ2v) is 3.71. The lowest BCUT2D eigenvalue weighted by atomic mass is 10.1. The summed E-state index contributed by atoms with van der Waals surface area (Å²) in [6, 6.07) is 7.96. The molecule has 1 aromatic carbocycles. The predicted octanol–water partition coefficient (Wildman–Crippen LogP) is 2.27. The van der Waals surface area contributed by atoms with Gasteiger partial charge in [-0.1, -0.05) is 12.1 Å². The molecular formula is C13H12N4. The smallest absolute Gasteiger partial charge is 0.115 e. The van der Waals surface area contributed by atoms with E-state index in [2.05, 4.69) is 21.4 Å². The molecule has 4 nitrogen and oxygen atoms in total. The molecule has 0 aliphatic carbocycles. The lowest BCUT2D eigenvalue weighted by Crippen LogP contribution is -2.02. The van der Waals surface area contributed by atoms with Crippen LogP contribution in [-0.2, 0) is 6.54 Å². The van der Waals surface area contributed by atoms with Crippen LogP contribution in [0.5, 0.6) is 0 Å². The third-order valence-corrected chi connectivity index (χ3v) is 2.48. The second kappa shape index (κ2) is 5.08. The summed E-state index contributed by atoms with van der Waals surface area (Å²) in [5.74, 6) is 0. The molecule has 0 saturated heterocycles. The van der Waals surface area contributed by atoms with Crippen LogP contribution in [0, 0.1) is 18.3 Å². The van der Waals surface area contributed by atoms with E-state index in [-0.39, 0.29) is 0 Å². The number of nitrogens with zero attached hydrogens (tertiary/aromatic N) is 3. The maximum Gasteiger partial charge on any atom is 0.115 e. The summed E-state index contributed by atoms with van der Waals surface area (Å²) in [5.41, 5.74) is 3.49. The minimum absolute atomic E-state index is 0.610. The molecular weight excluding hydrogens is 212 g/mol. The van der Waals surface area contributed by atoms with Crippen molar-refractivity contribution < 1.29 is 0 Å². The molecule has 1 N–H and O–H groups in total. The van der Waals surface area contributed by atoms with Gasteiger partial charge in [0.15, 0.2) is 0 Å². The van der Waals surface area contributed by atoms with Gasteiger partial charge in [-0.2, -0.15) is 5.26 Å². The highest BCUT2D eigenvalue weighted by molar-refractivity contribution is 5.60. The fraction of sp³-hybridized carbons (Fsp3) is 0.154. The van der Waals surface area contributed by atoms with Crippen LogP contribution < -0.4 is 5.32 Å². The van der Waals surface area contributed by atoms with E-state index < -0.39 is 0 Å². The minimum Gasteiger partial charge on any atom is -0.380 e. The Labute approximate surface area is 100.0 Å². The van der Waals surface area contributed by atoms with Crippen molar-refractivity contribution in [3.8, 4) is 6.07 Å². The second-order valence-electron chi connectivity index (χ2n) is 3.71. The standard InChI is InChI=1S/C13H12N4/c1-10-3-2-4-13(12(10)5-14)17-8-11-6-15-9-16-7-11/h2-4,6-7,9,17H,8H2,1H3. The first-order chi connectivity index (χ1) is 8.31. The summed E-state index contributed by atoms with van der Waals surface area (Å²) in [4.78, 5) is 7.88. The summed E-state index contributed by atoms with van der Waals surface area (Å²) in [7, 11) is 0. The minimum atomic E-state index is 0.610. The SMILES string of the molecule is Cc1cccc(NCc2cncnc2)c1C#N. The summed E-state index contributed by atoms with van der Waals surface area (Å²) in [5, 5.41) is 12.3. The Kier molecular flexibility index (Phi) is 3.31. The Morgan fingerprint density at radius 3 is 2.76 bits per heavy atom. The maximum absolute atomic E-state index is 9.08. The van der Waals surface area contributed by atoms with Crippen molar-refractivity contribution in [3.05, 3.63) is 53.6 Å². The number of aryl methyl sites for hydroxylation is 1. The van der Waals surface area contributed by atoms with Gasteiger partial charge in [0.25, 0.3) is 0 Å². The van der Waals surface area contributed by atoms with Gasteiger partial charge in [0.2, 0.25) is 0 Å². The molecule has 2 rings (SSSR count). The number of hydrogen-bond acceptors (Lipinski definition) is 4. The summed E-state index contributed by atoms with van der Waals surface area (Å²) in [6.45, 7) is 2.54. The zero-order valence-corrected chi connectivity index (χ0v) is 9.51. The molecule has 0 amide bonds. The van der Waals surface area contributed by atoms with Gasteiger partial charge in [0, 0.05) is 24.5 Å². The van der Waals surface area contributed by atoms with E-state index in [4.69, 9.17) is 5.26 Å². The van der Waals surface area contributed by atoms with Crippen LogP contribution in [-0.4, -0.2) is 9.97 Å². The van der Waals surface area contributed by atoms with Gasteiger partial charge in [0.05, 0.1) is 11.3 Å². The number of hydrogen-bond donors (Lipinski definition) is 1. The predicted molar refractivity (Wildman–Crippen MR) is 65.3 cm³/mol. The highest BCUT2D eigenvalue weighted by Gasteiger charge is 2.04. The monoisotopic (exact) mass is 224 g/mol. The molecule has 0 fully saturated rings. The zero-order chi connectivity index (χ0) is 12.1. The van der Waals surface area contributed by atoms with Crippen LogP contribution in [0.15, 0.2) is 36.9 Å². The molecule has 2 aromatic rings. The van der Waals surface area contributed by atoms with Gasteiger partial charge in [-0.25, -0.2) is 9.97 Å². The summed E-state index contributed by atoms with van der Waals surface area (Å²) < 4.78 is 0. The van der Waals surface area contributed by atoms with Crippen LogP contribution in [0.2, 0.25) is 0 Å². The van der Waals surface area contributed by atoms with Gasteiger partial charge in [0.1, 0.15) is 12.4 Å². The molecule has 0 aliphatic rings. The number of anilines is 1. The Hall–Kier alpha value is -2.41. The fourth-order valence-corrected chi connectivity index (χ4v) is 1.58. The summed E-state index contributed by atoms with van der Waals surface area (Å²) >= 11 is 0. The third-order valence-electron chi connectivity index (χ3n) is 2.48. The van der Waals surface area contributed by atoms with Gasteiger partial charge in [-0.3, -0.25) is 0 Å². The number of nitrogens with one attached hydrogen (secondary N) is 1. The Morgan fingerprint density at radius 1 is 1.29 bits per heavy atom. The van der Waals surface area contributed by atoms with E-state index >= 15 is 0 Å². The average Bonchev–Trinajstić information content (AvgIpc) is 2.37. The zero-order valence-electron chi connectivity index (χ0n) is 9.51. The molecule has 0 spiro atoms. The molecule has 1 aromatic heterocycles. The van der Waals surface area contributed by atoms with E-state index in [0.717, 1.165) is 16.8 Å². The van der Waals surface area contributed by atoms with Crippen molar-refractivity contribution in [3.63, 3.8) is 0 Å². The van der Waals surface area contributed by atoms with Crippen LogP contribution in [0.1, 0.15) is 16.7 Å². The molecule has 0 radical (unpaired) electrons. The molecule has 0 saturated carbocycles. The highest BCUT2D eigenvalue weighted by Crippen LogP contribution is 2.18. The fourth-order valence-electron chi connectivity index (χ4n) is 1.58. The van der Waals surface area contributed by atoms with E-state index in [0.29, 0.717) is 12.1 Å². The van der Waals surface area contributed by atoms with Gasteiger partial charge in [-0.15, -0.1) is 0 Å². The van der Waals surface area contributed by atoms with Crippen LogP contribution in [0.4, 0.5) is 5.69 Å². The molecule has 0 atom stereocenters. The van der Waals surface area contributed by atoms with Gasteiger partial charge >= 0.3 is 0 Å². The number of nitriles is 1. The number of aromatic nitrogens is 2. The van der Waals surface area contributed by atoms with Crippen molar-refractivity contribution in [2.45, 2.75) is 13.5 Å². The molecule has 17 heavy (non-hydrogen) atoms. The molecule has 1 heterocycles. The first-order valence-electron chi connectivity index (χ1n) is 5.28. The van der Waals surface area contributed by atoms with E-state index in [1.54, 1.807) is 12.4 Å². The Bertz CT molecular complexity index is 543. The van der Waals surface area contributed by atoms with Crippen molar-refractivity contribution in [1.29, 1.82) is 5.26 Å². The molecule has 84 valence electrons. The third kappa shape index (κ3) is 2.58. The van der Waals surface area contributed by atoms with Crippen LogP contribution >= 0.6 is 0 Å². The largest absolute Gasteiger partial charge is 0.380 e. The number of rotatable bonds is 3. The Morgan fingerprint density at radius 2 is 2.06 bits per heavy atom. The van der Waals surface area contributed by atoms with Crippen molar-refractivity contribution in [2.75, 3.05) is 5.32 Å². The van der Waals surface area contributed by atoms with E-state index in [9.17, 15) is 0 Å². The lowest BCUT2D eigenvalue weighted by molar-refractivity contribution is 1.05. The average molecular weight is 224 g/mol. The topological polar surface area (TPSA) is 61.6 Å². The Balaban J connectivity index is 2.15. The normalized spacial score (nSPS) is 9.65. The lowest BCUT2D eigenvalue weighted by Gasteiger charge is -2.09. The summed E-state index contributed by atoms with van der Waals surface area (Å²) in [6.07, 6.45) is 5.00. The molecule has 4 heteroatoms. The first kappa shape index (κ1) is 11.1. The maximum atomic E-state index is 9.08.